The van der Waals surface area contributed by atoms with Gasteiger partial charge in [0.25, 0.3) is 0 Å². The van der Waals surface area contributed by atoms with Crippen LogP contribution < -0.4 is 0 Å². The van der Waals surface area contributed by atoms with Crippen molar-refractivity contribution in [1.29, 1.82) is 0 Å². The molecule has 2 aromatic rings. The Morgan fingerprint density at radius 3 is 2.95 bits per heavy atom. The van der Waals surface area contributed by atoms with Gasteiger partial charge >= 0.3 is 5.97 Å². The fraction of sp³-hybridized carbons (Fsp3) is 0.200. The molecule has 0 spiro atoms. The van der Waals surface area contributed by atoms with E-state index in [-0.39, 0.29) is 5.97 Å². The molecule has 21 heavy (non-hydrogen) atoms. The average Bonchev–Trinajstić information content (AvgIpc) is 2.85. The molecule has 4 nitrogen and oxygen atoms in total. The Kier molecular flexibility index (Phi) is 5.36. The van der Waals surface area contributed by atoms with Gasteiger partial charge < -0.3 is 14.3 Å². The maximum atomic E-state index is 11.3. The first-order chi connectivity index (χ1) is 10.1. The number of benzene rings is 1. The first-order valence-electron chi connectivity index (χ1n) is 6.47. The van der Waals surface area contributed by atoms with Gasteiger partial charge in [0.1, 0.15) is 0 Å². The van der Waals surface area contributed by atoms with Crippen molar-refractivity contribution in [3.05, 3.63) is 57.6 Å². The lowest BCUT2D eigenvalue weighted by Gasteiger charge is -2.06. The highest BCUT2D eigenvalue weighted by molar-refractivity contribution is 7.71. The molecule has 0 aliphatic rings. The van der Waals surface area contributed by atoms with E-state index in [1.54, 1.807) is 19.2 Å². The summed E-state index contributed by atoms with van der Waals surface area (Å²) in [6.07, 6.45) is 6.71. The lowest BCUT2D eigenvalue weighted by atomic mass is 10.1. The van der Waals surface area contributed by atoms with Crippen molar-refractivity contribution in [1.82, 2.24) is 9.55 Å². The number of H-pyrrole nitrogens is 1. The van der Waals surface area contributed by atoms with Crippen LogP contribution in [0, 0.1) is 4.77 Å². The first kappa shape index (κ1) is 15.5. The number of aromatic nitrogens is 2. The van der Waals surface area contributed by atoms with E-state index in [0.29, 0.717) is 22.9 Å². The molecule has 0 amide bonds. The van der Waals surface area contributed by atoms with Crippen LogP contribution in [0.4, 0.5) is 0 Å². The first-order valence-corrected chi connectivity index (χ1v) is 7.26. The summed E-state index contributed by atoms with van der Waals surface area (Å²) in [4.78, 5) is 14.2. The zero-order valence-electron chi connectivity index (χ0n) is 11.5. The van der Waals surface area contributed by atoms with E-state index in [9.17, 15) is 4.79 Å². The van der Waals surface area contributed by atoms with E-state index in [1.807, 2.05) is 29.0 Å². The van der Waals surface area contributed by atoms with Crippen LogP contribution in [0.1, 0.15) is 18.1 Å². The quantitative estimate of drug-likeness (QED) is 0.517. The normalized spacial score (nSPS) is 11.0. The van der Waals surface area contributed by atoms with E-state index in [0.717, 1.165) is 11.1 Å². The molecule has 0 aliphatic heterocycles. The van der Waals surface area contributed by atoms with Gasteiger partial charge in [-0.1, -0.05) is 23.7 Å². The molecular formula is C15H15ClN2O2S. The van der Waals surface area contributed by atoms with Crippen molar-refractivity contribution in [2.24, 2.45) is 0 Å². The molecular weight excluding hydrogens is 308 g/mol. The summed E-state index contributed by atoms with van der Waals surface area (Å²) in [5.74, 6) is -0.365. The minimum Gasteiger partial charge on any atom is -0.463 e. The minimum atomic E-state index is -0.365. The minimum absolute atomic E-state index is 0.361. The van der Waals surface area contributed by atoms with Crippen molar-refractivity contribution < 1.29 is 9.53 Å². The van der Waals surface area contributed by atoms with E-state index in [4.69, 9.17) is 28.6 Å². The number of ether oxygens (including phenoxy) is 1. The molecule has 0 aliphatic carbocycles. The standard InChI is InChI=1S/C15H15ClN2O2S/c1-2-20-14(19)6-4-11-3-5-12(13(16)9-11)10-18-8-7-17-15(18)21/h3-9H,2,10H2,1H3,(H,17,21). The third kappa shape index (κ3) is 4.31. The maximum Gasteiger partial charge on any atom is 0.330 e. The molecule has 0 fully saturated rings. The third-order valence-electron chi connectivity index (χ3n) is 2.84. The topological polar surface area (TPSA) is 47.0 Å². The zero-order chi connectivity index (χ0) is 15.2. The Labute approximate surface area is 133 Å². The molecule has 0 unspecified atom stereocenters. The molecule has 0 atom stereocenters. The molecule has 0 saturated heterocycles. The summed E-state index contributed by atoms with van der Waals surface area (Å²) in [7, 11) is 0. The number of aromatic amines is 1. The molecule has 2 rings (SSSR count). The van der Waals surface area contributed by atoms with Gasteiger partial charge in [-0.15, -0.1) is 0 Å². The van der Waals surface area contributed by atoms with Gasteiger partial charge in [0.2, 0.25) is 0 Å². The second-order valence-corrected chi connectivity index (χ2v) is 5.12. The molecule has 1 N–H and O–H groups in total. The largest absolute Gasteiger partial charge is 0.463 e. The third-order valence-corrected chi connectivity index (χ3v) is 3.54. The highest BCUT2D eigenvalue weighted by Gasteiger charge is 2.03. The van der Waals surface area contributed by atoms with Crippen LogP contribution in [0.25, 0.3) is 6.08 Å². The molecule has 0 radical (unpaired) electrons. The summed E-state index contributed by atoms with van der Waals surface area (Å²) < 4.78 is 7.37. The molecule has 1 aromatic carbocycles. The second-order valence-electron chi connectivity index (χ2n) is 4.33. The van der Waals surface area contributed by atoms with Gasteiger partial charge in [-0.05, 0) is 42.4 Å². The number of rotatable bonds is 5. The smallest absolute Gasteiger partial charge is 0.330 e. The van der Waals surface area contributed by atoms with Crippen LogP contribution in [0.15, 0.2) is 36.7 Å². The second kappa shape index (κ2) is 7.24. The number of nitrogens with zero attached hydrogens (tertiary/aromatic N) is 1. The summed E-state index contributed by atoms with van der Waals surface area (Å²) >= 11 is 11.4. The Balaban J connectivity index is 2.12. The predicted molar refractivity (Wildman–Crippen MR) is 85.8 cm³/mol. The summed E-state index contributed by atoms with van der Waals surface area (Å²) in [5.41, 5.74) is 1.80. The molecule has 110 valence electrons. The number of nitrogens with one attached hydrogen (secondary N) is 1. The van der Waals surface area contributed by atoms with Gasteiger partial charge in [0, 0.05) is 23.5 Å². The van der Waals surface area contributed by atoms with Crippen molar-refractivity contribution in [2.75, 3.05) is 6.61 Å². The lowest BCUT2D eigenvalue weighted by Crippen LogP contribution is -2.00. The Hall–Kier alpha value is -1.85. The van der Waals surface area contributed by atoms with Crippen molar-refractivity contribution >= 4 is 35.9 Å². The SMILES string of the molecule is CCOC(=O)C=Cc1ccc(Cn2cc[nH]c2=S)c(Cl)c1. The van der Waals surface area contributed by atoms with Crippen molar-refractivity contribution in [2.45, 2.75) is 13.5 Å². The van der Waals surface area contributed by atoms with E-state index < -0.39 is 0 Å². The fourth-order valence-electron chi connectivity index (χ4n) is 1.81. The average molecular weight is 323 g/mol. The van der Waals surface area contributed by atoms with E-state index in [2.05, 4.69) is 4.98 Å². The molecule has 1 aromatic heterocycles. The van der Waals surface area contributed by atoms with Crippen LogP contribution in [0.2, 0.25) is 5.02 Å². The zero-order valence-corrected chi connectivity index (χ0v) is 13.1. The number of esters is 1. The highest BCUT2D eigenvalue weighted by atomic mass is 35.5. The van der Waals surface area contributed by atoms with Crippen LogP contribution in [-0.2, 0) is 16.1 Å². The molecule has 6 heteroatoms. The van der Waals surface area contributed by atoms with E-state index in [1.165, 1.54) is 6.08 Å². The predicted octanol–water partition coefficient (Wildman–Crippen LogP) is 3.82. The van der Waals surface area contributed by atoms with Gasteiger partial charge in [-0.25, -0.2) is 4.79 Å². The summed E-state index contributed by atoms with van der Waals surface area (Å²) in [6.45, 7) is 2.73. The van der Waals surface area contributed by atoms with Crippen LogP contribution in [-0.4, -0.2) is 22.1 Å². The van der Waals surface area contributed by atoms with Crippen LogP contribution in [0.3, 0.4) is 0 Å². The number of hydrogen-bond acceptors (Lipinski definition) is 3. The Morgan fingerprint density at radius 1 is 1.52 bits per heavy atom. The van der Waals surface area contributed by atoms with Crippen LogP contribution in [0.5, 0.6) is 0 Å². The lowest BCUT2D eigenvalue weighted by molar-refractivity contribution is -0.137. The number of imidazole rings is 1. The van der Waals surface area contributed by atoms with E-state index >= 15 is 0 Å². The molecule has 0 saturated carbocycles. The number of hydrogen-bond donors (Lipinski definition) is 1. The summed E-state index contributed by atoms with van der Waals surface area (Å²) in [6, 6.07) is 5.62. The van der Waals surface area contributed by atoms with Gasteiger partial charge in [-0.3, -0.25) is 0 Å². The number of halogens is 1. The van der Waals surface area contributed by atoms with Gasteiger partial charge in [0.05, 0.1) is 13.2 Å². The maximum absolute atomic E-state index is 11.3. The Morgan fingerprint density at radius 2 is 2.33 bits per heavy atom. The highest BCUT2D eigenvalue weighted by Crippen LogP contribution is 2.20. The van der Waals surface area contributed by atoms with Gasteiger partial charge in [-0.2, -0.15) is 0 Å². The number of carbonyl (C=O) groups excluding carboxylic acids is 1. The summed E-state index contributed by atoms with van der Waals surface area (Å²) in [5, 5.41) is 0.629. The molecule has 1 heterocycles. The van der Waals surface area contributed by atoms with Gasteiger partial charge in [0.15, 0.2) is 4.77 Å². The molecule has 0 bridgehead atoms. The Bertz CT molecular complexity index is 718. The monoisotopic (exact) mass is 322 g/mol. The fourth-order valence-corrected chi connectivity index (χ4v) is 2.25. The van der Waals surface area contributed by atoms with Crippen molar-refractivity contribution in [3.8, 4) is 0 Å². The van der Waals surface area contributed by atoms with Crippen LogP contribution >= 0.6 is 23.8 Å². The van der Waals surface area contributed by atoms with Crippen molar-refractivity contribution in [3.63, 3.8) is 0 Å². The number of carbonyl (C=O) groups is 1.